The zero-order valence-corrected chi connectivity index (χ0v) is 21.8. The predicted octanol–water partition coefficient (Wildman–Crippen LogP) is 0.486. The lowest BCUT2D eigenvalue weighted by Crippen LogP contribution is -2.74. The van der Waals surface area contributed by atoms with Gasteiger partial charge in [-0.15, -0.1) is 22.0 Å². The molecule has 4 rings (SSSR count). The van der Waals surface area contributed by atoms with E-state index in [2.05, 4.69) is 36.1 Å². The Balaban J connectivity index is 1.49. The average molecular weight is 576 g/mol. The van der Waals surface area contributed by atoms with Crippen LogP contribution in [0.25, 0.3) is 0 Å². The Kier molecular flexibility index (Phi) is 7.49. The molecule has 3 unspecified atom stereocenters. The number of aromatic nitrogens is 5. The van der Waals surface area contributed by atoms with Crippen LogP contribution in [0.4, 0.5) is 5.82 Å². The van der Waals surface area contributed by atoms with Gasteiger partial charge < -0.3 is 25.9 Å². The number of carboxylic acid groups (broad SMARTS) is 1. The molecule has 2 fully saturated rings. The highest BCUT2D eigenvalue weighted by Crippen LogP contribution is 2.47. The van der Waals surface area contributed by atoms with Crippen molar-refractivity contribution in [3.05, 3.63) is 21.8 Å². The Morgan fingerprint density at radius 1 is 1.47 bits per heavy atom. The van der Waals surface area contributed by atoms with E-state index in [0.717, 1.165) is 11.8 Å². The summed E-state index contributed by atoms with van der Waals surface area (Å²) < 4.78 is 0. The Morgan fingerprint density at radius 3 is 2.86 bits per heavy atom. The first-order chi connectivity index (χ1) is 17.1. The summed E-state index contributed by atoms with van der Waals surface area (Å²) in [5, 5.41) is 29.4. The number of amides is 2. The molecule has 4 heterocycles. The molecule has 36 heavy (non-hydrogen) atoms. The van der Waals surface area contributed by atoms with Crippen molar-refractivity contribution in [2.45, 2.75) is 28.7 Å². The van der Waals surface area contributed by atoms with E-state index in [1.165, 1.54) is 29.8 Å². The van der Waals surface area contributed by atoms with Crippen molar-refractivity contribution in [3.63, 3.8) is 0 Å². The molecule has 2 aliphatic rings. The van der Waals surface area contributed by atoms with E-state index in [4.69, 9.17) is 33.8 Å². The molecule has 0 bridgehead atoms. The van der Waals surface area contributed by atoms with Crippen molar-refractivity contribution in [2.24, 2.45) is 10.6 Å². The van der Waals surface area contributed by atoms with Crippen molar-refractivity contribution in [1.29, 1.82) is 0 Å². The summed E-state index contributed by atoms with van der Waals surface area (Å²) in [6.07, 6.45) is 0. The van der Waals surface area contributed by atoms with Crippen LogP contribution in [-0.2, 0) is 19.2 Å². The Hall–Kier alpha value is -2.82. The first-order valence-electron chi connectivity index (χ1n) is 10.2. The molecule has 2 aromatic heterocycles. The number of nitrogens with zero attached hydrogens (tertiary/aromatic N) is 6. The molecular formula is C18H19Cl2N9O5S2. The highest BCUT2D eigenvalue weighted by molar-refractivity contribution is 8.01. The lowest BCUT2D eigenvalue weighted by Gasteiger charge is -2.54. The van der Waals surface area contributed by atoms with E-state index >= 15 is 0 Å². The summed E-state index contributed by atoms with van der Waals surface area (Å²) in [7, 11) is 1.23. The molecule has 0 radical (unpaired) electrons. The smallest absolute Gasteiger partial charge is 0.313 e. The van der Waals surface area contributed by atoms with Gasteiger partial charge in [0.25, 0.3) is 5.91 Å². The van der Waals surface area contributed by atoms with Gasteiger partial charge >= 0.3 is 5.97 Å². The minimum absolute atomic E-state index is 0.00749. The molecule has 192 valence electrons. The summed E-state index contributed by atoms with van der Waals surface area (Å²) >= 11 is 14.5. The van der Waals surface area contributed by atoms with Crippen LogP contribution < -0.4 is 11.1 Å². The fourth-order valence-electron chi connectivity index (χ4n) is 3.76. The van der Waals surface area contributed by atoms with Crippen LogP contribution in [0.5, 0.6) is 0 Å². The molecule has 14 nitrogen and oxygen atoms in total. The van der Waals surface area contributed by atoms with Crippen molar-refractivity contribution < 1.29 is 24.3 Å². The Labute approximate surface area is 222 Å². The fourth-order valence-corrected chi connectivity index (χ4v) is 6.96. The Bertz CT molecular complexity index is 1230. The summed E-state index contributed by atoms with van der Waals surface area (Å²) in [5.41, 5.74) is 4.09. The third-order valence-electron chi connectivity index (χ3n) is 5.78. The van der Waals surface area contributed by atoms with Gasteiger partial charge in [0, 0.05) is 17.5 Å². The number of rotatable bonds is 8. The number of thioether (sulfide) groups is 2. The normalized spacial score (nSPS) is 24.5. The number of hydrogen-bond acceptors (Lipinski definition) is 12. The van der Waals surface area contributed by atoms with Crippen LogP contribution in [0.3, 0.4) is 0 Å². The molecule has 18 heteroatoms. The molecule has 5 N–H and O–H groups in total. The van der Waals surface area contributed by atoms with Crippen molar-refractivity contribution >= 4 is 76.0 Å². The van der Waals surface area contributed by atoms with Crippen LogP contribution in [-0.4, -0.2) is 95.2 Å². The van der Waals surface area contributed by atoms with Gasteiger partial charge in [0.2, 0.25) is 11.1 Å². The second-order valence-electron chi connectivity index (χ2n) is 7.84. The number of H-pyrrole nitrogens is 1. The van der Waals surface area contributed by atoms with Gasteiger partial charge in [-0.1, -0.05) is 47.0 Å². The highest BCUT2D eigenvalue weighted by atomic mass is 35.5. The van der Waals surface area contributed by atoms with E-state index in [-0.39, 0.29) is 39.6 Å². The number of nitrogen functional groups attached to an aromatic ring is 1. The van der Waals surface area contributed by atoms with Crippen molar-refractivity contribution in [2.75, 3.05) is 25.1 Å². The zero-order chi connectivity index (χ0) is 26.2. The van der Waals surface area contributed by atoms with Crippen LogP contribution >= 0.6 is 46.7 Å². The molecule has 0 aromatic carbocycles. The summed E-state index contributed by atoms with van der Waals surface area (Å²) in [6, 6.07) is 0.394. The first kappa shape index (κ1) is 26.2. The van der Waals surface area contributed by atoms with Gasteiger partial charge in [-0.3, -0.25) is 14.4 Å². The molecule has 0 spiro atoms. The quantitative estimate of drug-likeness (QED) is 0.147. The molecule has 2 saturated heterocycles. The van der Waals surface area contributed by atoms with Crippen LogP contribution in [0.15, 0.2) is 16.4 Å². The second kappa shape index (κ2) is 10.3. The SMILES string of the molecule is CON=C(C(=O)NC1C(=O)N2CC(C(=O)O)(C(C)Sc3nn[nH]n3)CS[C@H]12)c1nc(N)c(Cl)cc1Cl. The van der Waals surface area contributed by atoms with Crippen molar-refractivity contribution in [1.82, 2.24) is 35.8 Å². The second-order valence-corrected chi connectivity index (χ2v) is 11.1. The maximum absolute atomic E-state index is 13.0. The number of fused-ring (bicyclic) bond motifs is 1. The maximum atomic E-state index is 13.0. The van der Waals surface area contributed by atoms with E-state index in [1.54, 1.807) is 6.92 Å². The number of carboxylic acids is 1. The molecule has 0 saturated carbocycles. The number of aromatic amines is 1. The number of nitrogens with one attached hydrogen (secondary N) is 2. The number of oxime groups is 1. The number of pyridine rings is 1. The largest absolute Gasteiger partial charge is 0.481 e. The summed E-state index contributed by atoms with van der Waals surface area (Å²) in [6.45, 7) is 1.69. The number of halogens is 2. The molecule has 0 aliphatic carbocycles. The summed E-state index contributed by atoms with van der Waals surface area (Å²) in [5.74, 6) is -2.14. The van der Waals surface area contributed by atoms with E-state index in [9.17, 15) is 19.5 Å². The number of anilines is 1. The van der Waals surface area contributed by atoms with Crippen LogP contribution in [0.1, 0.15) is 12.6 Å². The van der Waals surface area contributed by atoms with E-state index in [1.807, 2.05) is 0 Å². The van der Waals surface area contributed by atoms with Crippen LogP contribution in [0.2, 0.25) is 10.0 Å². The van der Waals surface area contributed by atoms with Gasteiger partial charge in [-0.05, 0) is 11.3 Å². The van der Waals surface area contributed by atoms with E-state index < -0.39 is 39.9 Å². The molecule has 2 aromatic rings. The van der Waals surface area contributed by atoms with Gasteiger partial charge in [-0.2, -0.15) is 5.21 Å². The van der Waals surface area contributed by atoms with Gasteiger partial charge in [-0.25, -0.2) is 4.98 Å². The number of aliphatic carboxylic acids is 1. The number of tetrazole rings is 1. The number of carbonyl (C=O) groups is 3. The van der Waals surface area contributed by atoms with Crippen molar-refractivity contribution in [3.8, 4) is 0 Å². The topological polar surface area (TPSA) is 202 Å². The molecule has 4 atom stereocenters. The third kappa shape index (κ3) is 4.65. The number of carbonyl (C=O) groups excluding carboxylic acids is 2. The van der Waals surface area contributed by atoms with Gasteiger partial charge in [0.15, 0.2) is 5.71 Å². The first-order valence-corrected chi connectivity index (χ1v) is 12.9. The number of hydrogen-bond donors (Lipinski definition) is 4. The summed E-state index contributed by atoms with van der Waals surface area (Å²) in [4.78, 5) is 48.5. The van der Waals surface area contributed by atoms with Gasteiger partial charge in [0.1, 0.15) is 35.5 Å². The number of nitrogens with two attached hydrogens (primary N) is 1. The lowest BCUT2D eigenvalue weighted by atomic mass is 9.84. The molecule has 2 amide bonds. The highest BCUT2D eigenvalue weighted by Gasteiger charge is 2.59. The van der Waals surface area contributed by atoms with Crippen LogP contribution in [0, 0.1) is 5.41 Å². The Morgan fingerprint density at radius 2 is 2.22 bits per heavy atom. The fraction of sp³-hybridized carbons (Fsp3) is 0.444. The predicted molar refractivity (Wildman–Crippen MR) is 132 cm³/mol. The minimum Gasteiger partial charge on any atom is -0.481 e. The maximum Gasteiger partial charge on any atom is 0.313 e. The zero-order valence-electron chi connectivity index (χ0n) is 18.6. The lowest BCUT2D eigenvalue weighted by molar-refractivity contribution is -0.158. The monoisotopic (exact) mass is 575 g/mol. The average Bonchev–Trinajstić information content (AvgIpc) is 3.35. The minimum atomic E-state index is -1.27. The molecular weight excluding hydrogens is 557 g/mol. The van der Waals surface area contributed by atoms with Gasteiger partial charge in [0.05, 0.1) is 10.0 Å². The third-order valence-corrected chi connectivity index (χ3v) is 9.11. The molecule has 2 aliphatic heterocycles. The number of β-lactam (4-membered cyclic amide) rings is 1. The van der Waals surface area contributed by atoms with E-state index in [0.29, 0.717) is 5.16 Å². The standard InChI is InChI=1S/C18H19Cl2N9O5S2/c1-6(36-17-24-27-28-25-17)18(16(32)33)4-29-14(31)11(15(29)35-5-18)23-13(30)10(26-34-2)9-7(19)3-8(20)12(21)22-9/h3,6,11,15H,4-5H2,1-2H3,(H2,21,22)(H,23,30)(H,32,33)(H,24,25,27,28)/t6?,11?,15-,18?/m1/s1.